The number of carbonyl (C=O) groups excluding carboxylic acids is 2. The van der Waals surface area contributed by atoms with Crippen LogP contribution in [0.4, 0.5) is 5.69 Å². The molecule has 8 nitrogen and oxygen atoms in total. The van der Waals surface area contributed by atoms with Crippen molar-refractivity contribution in [3.63, 3.8) is 0 Å². The van der Waals surface area contributed by atoms with Crippen LogP contribution in [0.15, 0.2) is 53.7 Å². The molecule has 0 saturated heterocycles. The van der Waals surface area contributed by atoms with Crippen LogP contribution in [0, 0.1) is 5.41 Å². The maximum atomic E-state index is 13.2. The van der Waals surface area contributed by atoms with Gasteiger partial charge < -0.3 is 19.3 Å². The summed E-state index contributed by atoms with van der Waals surface area (Å²) in [7, 11) is 0. The van der Waals surface area contributed by atoms with Crippen LogP contribution in [-0.2, 0) is 14.3 Å². The Morgan fingerprint density at radius 2 is 1.74 bits per heavy atom. The number of carboxylic acids is 1. The fourth-order valence-corrected chi connectivity index (χ4v) is 5.52. The van der Waals surface area contributed by atoms with Gasteiger partial charge in [0.2, 0.25) is 5.91 Å². The number of aliphatic carboxylic acids is 1. The van der Waals surface area contributed by atoms with Gasteiger partial charge in [0.25, 0.3) is 0 Å². The molecule has 210 valence electrons. The number of rotatable bonds is 13. The third kappa shape index (κ3) is 7.41. The van der Waals surface area contributed by atoms with E-state index in [4.69, 9.17) is 9.72 Å². The lowest BCUT2D eigenvalue weighted by Gasteiger charge is -2.30. The first kappa shape index (κ1) is 30.2. The van der Waals surface area contributed by atoms with Gasteiger partial charge in [-0.15, -0.1) is 0 Å². The number of amides is 1. The lowest BCUT2D eigenvalue weighted by Crippen LogP contribution is -2.33. The zero-order valence-electron chi connectivity index (χ0n) is 23.5. The smallest absolute Gasteiger partial charge is 0.340 e. The summed E-state index contributed by atoms with van der Waals surface area (Å²) in [5, 5.41) is 10.8. The SMILES string of the molecule is CCCCC(=O)N(CCCSc1nc2ccccc2n1C(C(=O)O)C(C)(C)C)c1ccccc1C(=O)OCC. The number of benzene rings is 2. The van der Waals surface area contributed by atoms with Gasteiger partial charge >= 0.3 is 11.9 Å². The molecule has 9 heteroatoms. The zero-order valence-corrected chi connectivity index (χ0v) is 24.3. The van der Waals surface area contributed by atoms with Gasteiger partial charge in [-0.2, -0.15) is 0 Å². The Hall–Kier alpha value is -3.33. The number of aromatic nitrogens is 2. The molecule has 0 aliphatic carbocycles. The van der Waals surface area contributed by atoms with Crippen LogP contribution in [0.1, 0.15) is 76.7 Å². The van der Waals surface area contributed by atoms with Gasteiger partial charge in [0, 0.05) is 18.7 Å². The molecule has 39 heavy (non-hydrogen) atoms. The van der Waals surface area contributed by atoms with Gasteiger partial charge in [0.1, 0.15) is 6.04 Å². The van der Waals surface area contributed by atoms with Gasteiger partial charge in [0.15, 0.2) is 5.16 Å². The lowest BCUT2D eigenvalue weighted by molar-refractivity contribution is -0.144. The molecule has 0 aliphatic rings. The molecule has 1 unspecified atom stereocenters. The van der Waals surface area contributed by atoms with E-state index in [1.165, 1.54) is 11.8 Å². The summed E-state index contributed by atoms with van der Waals surface area (Å²) in [5.74, 6) is -0.787. The average molecular weight is 554 g/mol. The predicted octanol–water partition coefficient (Wildman–Crippen LogP) is 6.59. The van der Waals surface area contributed by atoms with Crippen molar-refractivity contribution in [3.8, 4) is 0 Å². The van der Waals surface area contributed by atoms with E-state index in [9.17, 15) is 19.5 Å². The van der Waals surface area contributed by atoms with Crippen LogP contribution in [0.5, 0.6) is 0 Å². The third-order valence-corrected chi connectivity index (χ3v) is 7.41. The molecule has 3 rings (SSSR count). The fraction of sp³-hybridized carbons (Fsp3) is 0.467. The molecule has 3 aromatic rings. The highest BCUT2D eigenvalue weighted by Gasteiger charge is 2.36. The van der Waals surface area contributed by atoms with Gasteiger partial charge in [-0.25, -0.2) is 14.6 Å². The van der Waals surface area contributed by atoms with E-state index in [1.807, 2.05) is 62.6 Å². The molecule has 0 saturated carbocycles. The van der Waals surface area contributed by atoms with Crippen molar-refractivity contribution in [1.82, 2.24) is 9.55 Å². The number of ether oxygens (including phenoxy) is 1. The number of anilines is 1. The second-order valence-corrected chi connectivity index (χ2v) is 11.5. The van der Waals surface area contributed by atoms with E-state index < -0.39 is 23.4 Å². The number of para-hydroxylation sites is 3. The number of fused-ring (bicyclic) bond motifs is 1. The van der Waals surface area contributed by atoms with E-state index in [2.05, 4.69) is 0 Å². The van der Waals surface area contributed by atoms with Crippen LogP contribution >= 0.6 is 11.8 Å². The summed E-state index contributed by atoms with van der Waals surface area (Å²) in [6.45, 7) is 10.2. The minimum absolute atomic E-state index is 0.0375. The molecule has 0 radical (unpaired) electrons. The fourth-order valence-electron chi connectivity index (χ4n) is 4.56. The number of imidazole rings is 1. The number of carboxylic acid groups (broad SMARTS) is 1. The van der Waals surface area contributed by atoms with Crippen LogP contribution < -0.4 is 4.90 Å². The second kappa shape index (κ2) is 13.6. The Balaban J connectivity index is 1.85. The first-order valence-corrected chi connectivity index (χ1v) is 14.5. The zero-order chi connectivity index (χ0) is 28.6. The molecule has 1 heterocycles. The summed E-state index contributed by atoms with van der Waals surface area (Å²) in [6, 6.07) is 13.8. The first-order chi connectivity index (χ1) is 18.6. The van der Waals surface area contributed by atoms with Gasteiger partial charge in [-0.05, 0) is 49.4 Å². The van der Waals surface area contributed by atoms with Crippen LogP contribution in [0.3, 0.4) is 0 Å². The highest BCUT2D eigenvalue weighted by Crippen LogP contribution is 2.37. The summed E-state index contributed by atoms with van der Waals surface area (Å²) in [4.78, 5) is 44.7. The Bertz CT molecular complexity index is 1300. The van der Waals surface area contributed by atoms with E-state index in [-0.39, 0.29) is 12.5 Å². The molecular weight excluding hydrogens is 514 g/mol. The van der Waals surface area contributed by atoms with Crippen molar-refractivity contribution in [1.29, 1.82) is 0 Å². The number of thioether (sulfide) groups is 1. The highest BCUT2D eigenvalue weighted by molar-refractivity contribution is 7.99. The summed E-state index contributed by atoms with van der Waals surface area (Å²) in [5.41, 5.74) is 1.91. The molecule has 1 aromatic heterocycles. The van der Waals surface area contributed by atoms with Crippen LogP contribution in [0.2, 0.25) is 0 Å². The van der Waals surface area contributed by atoms with Crippen LogP contribution in [-0.4, -0.2) is 51.4 Å². The number of hydrogen-bond acceptors (Lipinski definition) is 6. The predicted molar refractivity (Wildman–Crippen MR) is 155 cm³/mol. The molecule has 1 atom stereocenters. The molecule has 2 aromatic carbocycles. The van der Waals surface area contributed by atoms with Crippen molar-refractivity contribution >= 4 is 46.3 Å². The van der Waals surface area contributed by atoms with Crippen molar-refractivity contribution in [3.05, 3.63) is 54.1 Å². The monoisotopic (exact) mass is 553 g/mol. The summed E-state index contributed by atoms with van der Waals surface area (Å²) >= 11 is 1.48. The van der Waals surface area contributed by atoms with E-state index in [0.29, 0.717) is 41.5 Å². The quantitative estimate of drug-likeness (QED) is 0.145. The number of unbranched alkanes of at least 4 members (excludes halogenated alkanes) is 1. The Labute approximate surface area is 234 Å². The standard InChI is InChI=1S/C30H39N3O5S/c1-6-8-18-25(34)32(23-16-11-9-14-21(23)28(37)38-7-2)19-13-20-39-29-31-22-15-10-12-17-24(22)33(29)26(27(35)36)30(3,4)5/h9-12,14-17,26H,6-8,13,18-20H2,1-5H3,(H,35,36). The van der Waals surface area contributed by atoms with Gasteiger partial charge in [0.05, 0.1) is 28.9 Å². The Kier molecular flexibility index (Phi) is 10.6. The largest absolute Gasteiger partial charge is 0.480 e. The highest BCUT2D eigenvalue weighted by atomic mass is 32.2. The summed E-state index contributed by atoms with van der Waals surface area (Å²) < 4.78 is 7.06. The van der Waals surface area contributed by atoms with Crippen molar-refractivity contribution in [2.24, 2.45) is 5.41 Å². The first-order valence-electron chi connectivity index (χ1n) is 13.5. The molecule has 0 aliphatic heterocycles. The molecule has 1 N–H and O–H groups in total. The molecule has 0 fully saturated rings. The van der Waals surface area contributed by atoms with E-state index in [1.54, 1.807) is 30.0 Å². The Morgan fingerprint density at radius 1 is 1.05 bits per heavy atom. The van der Waals surface area contributed by atoms with Crippen molar-refractivity contribution < 1.29 is 24.2 Å². The van der Waals surface area contributed by atoms with Crippen molar-refractivity contribution in [2.75, 3.05) is 23.8 Å². The number of carbonyl (C=O) groups is 3. The number of nitrogens with zero attached hydrogens (tertiary/aromatic N) is 3. The minimum atomic E-state index is -0.907. The van der Waals surface area contributed by atoms with Gasteiger partial charge in [-0.3, -0.25) is 4.79 Å². The molecule has 0 bridgehead atoms. The minimum Gasteiger partial charge on any atom is -0.480 e. The maximum Gasteiger partial charge on any atom is 0.340 e. The van der Waals surface area contributed by atoms with Crippen LogP contribution in [0.25, 0.3) is 11.0 Å². The second-order valence-electron chi connectivity index (χ2n) is 10.4. The lowest BCUT2D eigenvalue weighted by atomic mass is 9.86. The van der Waals surface area contributed by atoms with E-state index >= 15 is 0 Å². The number of hydrogen-bond donors (Lipinski definition) is 1. The molecule has 0 spiro atoms. The average Bonchev–Trinajstić information content (AvgIpc) is 3.24. The topological polar surface area (TPSA) is 102 Å². The maximum absolute atomic E-state index is 13.2. The van der Waals surface area contributed by atoms with Crippen molar-refractivity contribution in [2.45, 2.75) is 71.5 Å². The number of esters is 1. The summed E-state index contributed by atoms with van der Waals surface area (Å²) in [6.07, 6.45) is 2.67. The normalized spacial score (nSPS) is 12.3. The van der Waals surface area contributed by atoms with E-state index in [0.717, 1.165) is 23.9 Å². The molecule has 1 amide bonds. The molecular formula is C30H39N3O5S. The van der Waals surface area contributed by atoms with Gasteiger partial charge in [-0.1, -0.05) is 70.1 Å². The Morgan fingerprint density at radius 3 is 2.41 bits per heavy atom. The third-order valence-electron chi connectivity index (χ3n) is 6.37.